The van der Waals surface area contributed by atoms with Gasteiger partial charge in [-0.2, -0.15) is 18.2 Å². The summed E-state index contributed by atoms with van der Waals surface area (Å²) in [4.78, 5) is 20.0. The lowest BCUT2D eigenvalue weighted by atomic mass is 10.2. The lowest BCUT2D eigenvalue weighted by molar-refractivity contribution is -0.139. The number of nitrogens with one attached hydrogen (secondary N) is 1. The highest BCUT2D eigenvalue weighted by atomic mass is 19.4. The van der Waals surface area contributed by atoms with E-state index in [4.69, 9.17) is 0 Å². The van der Waals surface area contributed by atoms with E-state index >= 15 is 0 Å². The zero-order chi connectivity index (χ0) is 18.2. The van der Waals surface area contributed by atoms with Crippen LogP contribution in [-0.4, -0.2) is 14.5 Å². The molecule has 0 saturated carbocycles. The smallest absolute Gasteiger partial charge is 0.324 e. The van der Waals surface area contributed by atoms with Crippen molar-refractivity contribution in [3.8, 4) is 0 Å². The number of pyridine rings is 1. The first kappa shape index (κ1) is 16.9. The Labute approximate surface area is 139 Å². The van der Waals surface area contributed by atoms with E-state index in [1.54, 1.807) is 13.0 Å². The maximum atomic E-state index is 13.3. The van der Waals surface area contributed by atoms with Gasteiger partial charge in [-0.15, -0.1) is 0 Å². The number of rotatable bonds is 3. The van der Waals surface area contributed by atoms with Gasteiger partial charge >= 0.3 is 6.18 Å². The van der Waals surface area contributed by atoms with Crippen LogP contribution in [0.4, 0.5) is 29.2 Å². The molecule has 0 fully saturated rings. The first-order valence-electron chi connectivity index (χ1n) is 7.30. The maximum absolute atomic E-state index is 13.3. The fourth-order valence-electron chi connectivity index (χ4n) is 2.39. The number of hydrogen-bond donors (Lipinski definition) is 1. The quantitative estimate of drug-likeness (QED) is 0.730. The molecule has 0 saturated heterocycles. The van der Waals surface area contributed by atoms with Crippen molar-refractivity contribution >= 4 is 22.7 Å². The Hall–Kier alpha value is -2.97. The van der Waals surface area contributed by atoms with E-state index < -0.39 is 17.6 Å². The molecule has 0 aliphatic carbocycles. The van der Waals surface area contributed by atoms with Crippen LogP contribution < -0.4 is 10.9 Å². The molecule has 0 atom stereocenters. The SMILES string of the molecule is CCn1c(=O)ccc2cnc(Nc3ccc(F)c(C(F)(F)F)c3)nc21. The highest BCUT2D eigenvalue weighted by Crippen LogP contribution is 2.33. The van der Waals surface area contributed by atoms with Gasteiger partial charge in [-0.1, -0.05) is 0 Å². The fourth-order valence-corrected chi connectivity index (χ4v) is 2.39. The summed E-state index contributed by atoms with van der Waals surface area (Å²) < 4.78 is 53.1. The Kier molecular flexibility index (Phi) is 4.15. The van der Waals surface area contributed by atoms with Crippen molar-refractivity contribution < 1.29 is 17.6 Å². The largest absolute Gasteiger partial charge is 0.419 e. The monoisotopic (exact) mass is 352 g/mol. The molecule has 0 amide bonds. The van der Waals surface area contributed by atoms with Crippen LogP contribution in [0.2, 0.25) is 0 Å². The second-order valence-corrected chi connectivity index (χ2v) is 5.21. The number of anilines is 2. The molecule has 0 radical (unpaired) electrons. The first-order valence-corrected chi connectivity index (χ1v) is 7.30. The molecular formula is C16H12F4N4O. The van der Waals surface area contributed by atoms with E-state index in [0.717, 1.165) is 6.07 Å². The predicted octanol–water partition coefficient (Wildman–Crippen LogP) is 3.71. The number of alkyl halides is 3. The van der Waals surface area contributed by atoms with Crippen LogP contribution in [0.15, 0.2) is 41.3 Å². The lowest BCUT2D eigenvalue weighted by Crippen LogP contribution is -2.19. The summed E-state index contributed by atoms with van der Waals surface area (Å²) in [5.41, 5.74) is -1.30. The summed E-state index contributed by atoms with van der Waals surface area (Å²) in [6.07, 6.45) is -3.36. The van der Waals surface area contributed by atoms with Gasteiger partial charge in [0.15, 0.2) is 0 Å². The molecule has 0 spiro atoms. The summed E-state index contributed by atoms with van der Waals surface area (Å²) in [7, 11) is 0. The van der Waals surface area contributed by atoms with Crippen LogP contribution in [0, 0.1) is 5.82 Å². The van der Waals surface area contributed by atoms with E-state index in [-0.39, 0.29) is 17.2 Å². The van der Waals surface area contributed by atoms with Crippen molar-refractivity contribution in [2.24, 2.45) is 0 Å². The van der Waals surface area contributed by atoms with Crippen LogP contribution in [0.3, 0.4) is 0 Å². The molecule has 130 valence electrons. The topological polar surface area (TPSA) is 59.8 Å². The van der Waals surface area contributed by atoms with Crippen LogP contribution in [0.5, 0.6) is 0 Å². The number of benzene rings is 1. The standard InChI is InChI=1S/C16H12F4N4O/c1-2-24-13(25)6-3-9-8-21-15(23-14(9)24)22-10-4-5-12(17)11(7-10)16(18,19)20/h3-8H,2H2,1H3,(H,21,22,23). The number of fused-ring (bicyclic) bond motifs is 1. The zero-order valence-electron chi connectivity index (χ0n) is 12.9. The number of nitrogens with zero attached hydrogens (tertiary/aromatic N) is 3. The van der Waals surface area contributed by atoms with Crippen molar-refractivity contribution in [3.05, 3.63) is 58.3 Å². The molecule has 0 bridgehead atoms. The van der Waals surface area contributed by atoms with Gasteiger partial charge in [-0.25, -0.2) is 9.37 Å². The minimum Gasteiger partial charge on any atom is -0.324 e. The third-order valence-corrected chi connectivity index (χ3v) is 3.57. The lowest BCUT2D eigenvalue weighted by Gasteiger charge is -2.12. The molecule has 0 aliphatic heterocycles. The van der Waals surface area contributed by atoms with Crippen molar-refractivity contribution in [1.29, 1.82) is 0 Å². The number of aryl methyl sites for hydroxylation is 1. The second kappa shape index (κ2) is 6.15. The first-order chi connectivity index (χ1) is 11.8. The van der Waals surface area contributed by atoms with Crippen molar-refractivity contribution in [2.45, 2.75) is 19.6 Å². The van der Waals surface area contributed by atoms with E-state index in [1.807, 2.05) is 0 Å². The van der Waals surface area contributed by atoms with E-state index in [0.29, 0.717) is 29.7 Å². The third-order valence-electron chi connectivity index (χ3n) is 3.57. The molecule has 5 nitrogen and oxygen atoms in total. The summed E-state index contributed by atoms with van der Waals surface area (Å²) >= 11 is 0. The average molecular weight is 352 g/mol. The summed E-state index contributed by atoms with van der Waals surface area (Å²) in [5, 5.41) is 3.22. The number of hydrogen-bond acceptors (Lipinski definition) is 4. The van der Waals surface area contributed by atoms with E-state index in [1.165, 1.54) is 16.8 Å². The summed E-state index contributed by atoms with van der Waals surface area (Å²) in [6, 6.07) is 5.45. The van der Waals surface area contributed by atoms with E-state index in [9.17, 15) is 22.4 Å². The molecular weight excluding hydrogens is 340 g/mol. The van der Waals surface area contributed by atoms with Crippen LogP contribution >= 0.6 is 0 Å². The average Bonchev–Trinajstić information content (AvgIpc) is 2.55. The molecule has 3 aromatic rings. The second-order valence-electron chi connectivity index (χ2n) is 5.21. The van der Waals surface area contributed by atoms with Gasteiger partial charge in [0.2, 0.25) is 5.95 Å². The fraction of sp³-hybridized carbons (Fsp3) is 0.188. The highest BCUT2D eigenvalue weighted by molar-refractivity contribution is 5.75. The molecule has 25 heavy (non-hydrogen) atoms. The minimum atomic E-state index is -4.81. The Bertz CT molecular complexity index is 998. The Morgan fingerprint density at radius 2 is 1.96 bits per heavy atom. The third kappa shape index (κ3) is 3.30. The zero-order valence-corrected chi connectivity index (χ0v) is 12.9. The molecule has 2 aromatic heterocycles. The Morgan fingerprint density at radius 3 is 2.64 bits per heavy atom. The molecule has 9 heteroatoms. The Balaban J connectivity index is 2.03. The Morgan fingerprint density at radius 1 is 1.20 bits per heavy atom. The van der Waals surface area contributed by atoms with Crippen LogP contribution in [0.25, 0.3) is 11.0 Å². The van der Waals surface area contributed by atoms with Crippen LogP contribution in [0.1, 0.15) is 12.5 Å². The minimum absolute atomic E-state index is 0.0000302. The van der Waals surface area contributed by atoms with Crippen molar-refractivity contribution in [2.75, 3.05) is 5.32 Å². The van der Waals surface area contributed by atoms with Crippen molar-refractivity contribution in [1.82, 2.24) is 14.5 Å². The van der Waals surface area contributed by atoms with Crippen molar-refractivity contribution in [3.63, 3.8) is 0 Å². The van der Waals surface area contributed by atoms with Gasteiger partial charge in [0.05, 0.1) is 5.56 Å². The molecule has 3 rings (SSSR count). The van der Waals surface area contributed by atoms with Gasteiger partial charge in [0.25, 0.3) is 5.56 Å². The van der Waals surface area contributed by atoms with Gasteiger partial charge < -0.3 is 5.32 Å². The van der Waals surface area contributed by atoms with Crippen LogP contribution in [-0.2, 0) is 12.7 Å². The molecule has 2 heterocycles. The molecule has 1 aromatic carbocycles. The number of aromatic nitrogens is 3. The normalized spacial score (nSPS) is 11.7. The van der Waals surface area contributed by atoms with Gasteiger partial charge in [0, 0.05) is 29.9 Å². The summed E-state index contributed by atoms with van der Waals surface area (Å²) in [6.45, 7) is 2.15. The van der Waals surface area contributed by atoms with Gasteiger partial charge in [-0.05, 0) is 31.2 Å². The molecule has 0 aliphatic rings. The predicted molar refractivity (Wildman–Crippen MR) is 84.2 cm³/mol. The summed E-state index contributed by atoms with van der Waals surface area (Å²) in [5.74, 6) is -1.36. The maximum Gasteiger partial charge on any atom is 0.419 e. The number of halogens is 4. The van der Waals surface area contributed by atoms with Gasteiger partial charge in [0.1, 0.15) is 11.5 Å². The highest BCUT2D eigenvalue weighted by Gasteiger charge is 2.34. The van der Waals surface area contributed by atoms with E-state index in [2.05, 4.69) is 15.3 Å². The molecule has 1 N–H and O–H groups in total. The van der Waals surface area contributed by atoms with Gasteiger partial charge in [-0.3, -0.25) is 9.36 Å². The molecule has 0 unspecified atom stereocenters.